The summed E-state index contributed by atoms with van der Waals surface area (Å²) in [6, 6.07) is 16.3. The van der Waals surface area contributed by atoms with Crippen molar-refractivity contribution in [1.82, 2.24) is 5.32 Å². The minimum atomic E-state index is 0.0533. The molecule has 1 unspecified atom stereocenters. The zero-order valence-corrected chi connectivity index (χ0v) is 13.5. The van der Waals surface area contributed by atoms with Crippen LogP contribution in [0.5, 0.6) is 5.75 Å². The zero-order valence-electron chi connectivity index (χ0n) is 13.5. The van der Waals surface area contributed by atoms with Crippen LogP contribution in [-0.4, -0.2) is 19.6 Å². The Morgan fingerprint density at radius 1 is 1.17 bits per heavy atom. The first-order valence-corrected chi connectivity index (χ1v) is 8.24. The van der Waals surface area contributed by atoms with Crippen LogP contribution in [0.2, 0.25) is 0 Å². The van der Waals surface area contributed by atoms with Crippen molar-refractivity contribution in [2.75, 3.05) is 13.7 Å². The van der Waals surface area contributed by atoms with Gasteiger partial charge in [-0.25, -0.2) is 0 Å². The number of ether oxygens (including phenoxy) is 1. The van der Waals surface area contributed by atoms with Crippen LogP contribution >= 0.6 is 0 Å². The third-order valence-corrected chi connectivity index (χ3v) is 4.58. The van der Waals surface area contributed by atoms with Gasteiger partial charge in [-0.05, 0) is 36.5 Å². The molecule has 0 saturated heterocycles. The van der Waals surface area contributed by atoms with Crippen molar-refractivity contribution in [2.45, 2.75) is 31.6 Å². The quantitative estimate of drug-likeness (QED) is 0.918. The van der Waals surface area contributed by atoms with Gasteiger partial charge in [0.2, 0.25) is 5.91 Å². The number of hydrogen-bond donors (Lipinski definition) is 1. The predicted octanol–water partition coefficient (Wildman–Crippen LogP) is 3.47. The SMILES string of the molecule is COc1ccccc1CC(=O)NCC1CCCc2ccccc21. The van der Waals surface area contributed by atoms with E-state index in [-0.39, 0.29) is 5.91 Å². The minimum Gasteiger partial charge on any atom is -0.496 e. The Hall–Kier alpha value is -2.29. The van der Waals surface area contributed by atoms with E-state index >= 15 is 0 Å². The van der Waals surface area contributed by atoms with E-state index in [4.69, 9.17) is 4.74 Å². The summed E-state index contributed by atoms with van der Waals surface area (Å²) in [5.41, 5.74) is 3.76. The normalized spacial score (nSPS) is 16.5. The van der Waals surface area contributed by atoms with Gasteiger partial charge in [0, 0.05) is 18.0 Å². The summed E-state index contributed by atoms with van der Waals surface area (Å²) < 4.78 is 5.31. The van der Waals surface area contributed by atoms with E-state index in [9.17, 15) is 4.79 Å². The number of aryl methyl sites for hydroxylation is 1. The third kappa shape index (κ3) is 3.73. The van der Waals surface area contributed by atoms with Gasteiger partial charge in [-0.2, -0.15) is 0 Å². The second-order valence-corrected chi connectivity index (χ2v) is 6.08. The van der Waals surface area contributed by atoms with Crippen molar-refractivity contribution in [2.24, 2.45) is 0 Å². The van der Waals surface area contributed by atoms with Gasteiger partial charge in [0.15, 0.2) is 0 Å². The number of benzene rings is 2. The highest BCUT2D eigenvalue weighted by Gasteiger charge is 2.20. The Kier molecular flexibility index (Phi) is 4.96. The van der Waals surface area contributed by atoms with E-state index in [1.54, 1.807) is 7.11 Å². The summed E-state index contributed by atoms with van der Waals surface area (Å²) >= 11 is 0. The number of methoxy groups -OCH3 is 1. The van der Waals surface area contributed by atoms with Crippen LogP contribution < -0.4 is 10.1 Å². The van der Waals surface area contributed by atoms with Crippen LogP contribution in [0, 0.1) is 0 Å². The summed E-state index contributed by atoms with van der Waals surface area (Å²) in [7, 11) is 1.63. The molecular weight excluding hydrogens is 286 g/mol. The topological polar surface area (TPSA) is 38.3 Å². The molecular formula is C20H23NO2. The molecule has 0 saturated carbocycles. The fourth-order valence-corrected chi connectivity index (χ4v) is 3.39. The molecule has 3 rings (SSSR count). The van der Waals surface area contributed by atoms with Crippen molar-refractivity contribution in [1.29, 1.82) is 0 Å². The molecule has 0 aliphatic heterocycles. The second kappa shape index (κ2) is 7.32. The largest absolute Gasteiger partial charge is 0.496 e. The van der Waals surface area contributed by atoms with Gasteiger partial charge in [0.05, 0.1) is 13.5 Å². The van der Waals surface area contributed by atoms with Gasteiger partial charge in [0.1, 0.15) is 5.75 Å². The van der Waals surface area contributed by atoms with Crippen molar-refractivity contribution in [3.63, 3.8) is 0 Å². The highest BCUT2D eigenvalue weighted by atomic mass is 16.5. The van der Waals surface area contributed by atoms with E-state index in [0.29, 0.717) is 18.9 Å². The van der Waals surface area contributed by atoms with Gasteiger partial charge < -0.3 is 10.1 Å². The maximum absolute atomic E-state index is 12.3. The number of rotatable bonds is 5. The van der Waals surface area contributed by atoms with Crippen molar-refractivity contribution in [3.05, 3.63) is 65.2 Å². The minimum absolute atomic E-state index is 0.0533. The van der Waals surface area contributed by atoms with Crippen LogP contribution in [0.15, 0.2) is 48.5 Å². The van der Waals surface area contributed by atoms with E-state index in [1.165, 1.54) is 17.5 Å². The summed E-state index contributed by atoms with van der Waals surface area (Å²) in [4.78, 5) is 12.3. The molecule has 3 heteroatoms. The van der Waals surface area contributed by atoms with E-state index in [1.807, 2.05) is 24.3 Å². The Labute approximate surface area is 137 Å². The van der Waals surface area contributed by atoms with Gasteiger partial charge in [-0.3, -0.25) is 4.79 Å². The lowest BCUT2D eigenvalue weighted by Gasteiger charge is -2.25. The first-order valence-electron chi connectivity index (χ1n) is 8.24. The van der Waals surface area contributed by atoms with Gasteiger partial charge in [0.25, 0.3) is 0 Å². The first-order chi connectivity index (χ1) is 11.3. The molecule has 1 aliphatic carbocycles. The van der Waals surface area contributed by atoms with Crippen LogP contribution in [0.4, 0.5) is 0 Å². The van der Waals surface area contributed by atoms with E-state index < -0.39 is 0 Å². The molecule has 120 valence electrons. The molecule has 2 aromatic carbocycles. The molecule has 1 atom stereocenters. The fraction of sp³-hybridized carbons (Fsp3) is 0.350. The molecule has 1 aliphatic rings. The molecule has 0 aromatic heterocycles. The lowest BCUT2D eigenvalue weighted by molar-refractivity contribution is -0.120. The molecule has 2 aromatic rings. The monoisotopic (exact) mass is 309 g/mol. The number of nitrogens with one attached hydrogen (secondary N) is 1. The summed E-state index contributed by atoms with van der Waals surface area (Å²) in [6.07, 6.45) is 3.86. The van der Waals surface area contributed by atoms with Crippen LogP contribution in [-0.2, 0) is 17.6 Å². The van der Waals surface area contributed by atoms with Gasteiger partial charge in [-0.1, -0.05) is 42.5 Å². The van der Waals surface area contributed by atoms with Crippen LogP contribution in [0.3, 0.4) is 0 Å². The number of amides is 1. The Morgan fingerprint density at radius 3 is 2.83 bits per heavy atom. The molecule has 0 radical (unpaired) electrons. The Morgan fingerprint density at radius 2 is 1.96 bits per heavy atom. The van der Waals surface area contributed by atoms with Crippen LogP contribution in [0.25, 0.3) is 0 Å². The Balaban J connectivity index is 1.60. The molecule has 0 spiro atoms. The maximum atomic E-state index is 12.3. The molecule has 23 heavy (non-hydrogen) atoms. The molecule has 0 fully saturated rings. The number of carbonyl (C=O) groups is 1. The second-order valence-electron chi connectivity index (χ2n) is 6.08. The number of para-hydroxylation sites is 1. The van der Waals surface area contributed by atoms with Crippen molar-refractivity contribution < 1.29 is 9.53 Å². The molecule has 1 amide bonds. The van der Waals surface area contributed by atoms with E-state index in [0.717, 1.165) is 24.2 Å². The number of carbonyl (C=O) groups excluding carboxylic acids is 1. The standard InChI is InChI=1S/C20H23NO2/c1-23-19-12-5-3-8-16(19)13-20(22)21-14-17-10-6-9-15-7-2-4-11-18(15)17/h2-5,7-8,11-12,17H,6,9-10,13-14H2,1H3,(H,21,22). The fourth-order valence-electron chi connectivity index (χ4n) is 3.39. The van der Waals surface area contributed by atoms with Gasteiger partial charge >= 0.3 is 0 Å². The van der Waals surface area contributed by atoms with Crippen LogP contribution in [0.1, 0.15) is 35.4 Å². The number of hydrogen-bond acceptors (Lipinski definition) is 2. The number of fused-ring (bicyclic) bond motifs is 1. The maximum Gasteiger partial charge on any atom is 0.224 e. The summed E-state index contributed by atoms with van der Waals surface area (Å²) in [5, 5.41) is 3.10. The predicted molar refractivity (Wildman–Crippen MR) is 91.8 cm³/mol. The molecule has 3 nitrogen and oxygen atoms in total. The highest BCUT2D eigenvalue weighted by molar-refractivity contribution is 5.79. The molecule has 0 bridgehead atoms. The van der Waals surface area contributed by atoms with Gasteiger partial charge in [-0.15, -0.1) is 0 Å². The lowest BCUT2D eigenvalue weighted by atomic mass is 9.83. The molecule has 1 N–H and O–H groups in total. The van der Waals surface area contributed by atoms with Crippen molar-refractivity contribution >= 4 is 5.91 Å². The molecule has 0 heterocycles. The average Bonchev–Trinajstić information content (AvgIpc) is 2.60. The zero-order chi connectivity index (χ0) is 16.1. The Bertz CT molecular complexity index is 681. The average molecular weight is 309 g/mol. The summed E-state index contributed by atoms with van der Waals surface area (Å²) in [5.74, 6) is 1.25. The van der Waals surface area contributed by atoms with Crippen molar-refractivity contribution in [3.8, 4) is 5.75 Å². The summed E-state index contributed by atoms with van der Waals surface area (Å²) in [6.45, 7) is 0.713. The van der Waals surface area contributed by atoms with E-state index in [2.05, 4.69) is 29.6 Å². The highest BCUT2D eigenvalue weighted by Crippen LogP contribution is 2.30. The smallest absolute Gasteiger partial charge is 0.224 e. The first kappa shape index (κ1) is 15.6. The third-order valence-electron chi connectivity index (χ3n) is 4.58. The lowest BCUT2D eigenvalue weighted by Crippen LogP contribution is -2.31.